The van der Waals surface area contributed by atoms with E-state index in [1.807, 2.05) is 13.8 Å². The van der Waals surface area contributed by atoms with Crippen LogP contribution in [0.3, 0.4) is 0 Å². The normalized spacial score (nSPS) is 22.6. The Balaban J connectivity index is 0.00000162. The Bertz CT molecular complexity index is 399. The number of nitrogens with zero attached hydrogens (tertiary/aromatic N) is 1. The summed E-state index contributed by atoms with van der Waals surface area (Å²) in [6.45, 7) is 4.39. The molecule has 1 fully saturated rings. The van der Waals surface area contributed by atoms with Crippen LogP contribution in [0.5, 0.6) is 0 Å². The Kier molecular flexibility index (Phi) is 5.16. The Morgan fingerprint density at radius 2 is 2.22 bits per heavy atom. The van der Waals surface area contributed by atoms with Gasteiger partial charge in [0.05, 0.1) is 17.1 Å². The highest BCUT2D eigenvalue weighted by Crippen LogP contribution is 2.32. The van der Waals surface area contributed by atoms with Crippen LogP contribution in [-0.4, -0.2) is 22.6 Å². The quantitative estimate of drug-likeness (QED) is 0.784. The smallest absolute Gasteiger partial charge is 0.227 e. The number of nitrogens with one attached hydrogen (secondary N) is 2. The van der Waals surface area contributed by atoms with Crippen LogP contribution in [0.25, 0.3) is 0 Å². The Hall–Kier alpha value is -1.07. The summed E-state index contributed by atoms with van der Waals surface area (Å²) in [4.78, 5) is 12.2. The van der Waals surface area contributed by atoms with E-state index in [1.54, 1.807) is 0 Å². The van der Waals surface area contributed by atoms with Gasteiger partial charge in [-0.3, -0.25) is 9.89 Å². The predicted octanol–water partition coefficient (Wildman–Crippen LogP) is 1.76. The Morgan fingerprint density at radius 1 is 1.50 bits per heavy atom. The van der Waals surface area contributed by atoms with Crippen molar-refractivity contribution in [2.75, 3.05) is 11.9 Å². The fourth-order valence-corrected chi connectivity index (χ4v) is 2.62. The first-order valence-electron chi connectivity index (χ1n) is 6.16. The van der Waals surface area contributed by atoms with Gasteiger partial charge in [0.1, 0.15) is 0 Å². The molecule has 0 aromatic carbocycles. The molecule has 1 saturated carbocycles. The fourth-order valence-electron chi connectivity index (χ4n) is 2.62. The average Bonchev–Trinajstić information content (AvgIpc) is 2.90. The number of rotatable bonds is 3. The zero-order valence-electron chi connectivity index (χ0n) is 10.8. The number of aryl methyl sites for hydroxylation is 2. The maximum absolute atomic E-state index is 12.2. The van der Waals surface area contributed by atoms with E-state index in [-0.39, 0.29) is 24.2 Å². The summed E-state index contributed by atoms with van der Waals surface area (Å²) in [6, 6.07) is 0. The monoisotopic (exact) mass is 272 g/mol. The molecular formula is C12H21ClN4O. The maximum atomic E-state index is 12.2. The lowest BCUT2D eigenvalue weighted by atomic mass is 9.95. The zero-order valence-corrected chi connectivity index (χ0v) is 11.6. The van der Waals surface area contributed by atoms with Crippen LogP contribution < -0.4 is 11.1 Å². The van der Waals surface area contributed by atoms with Gasteiger partial charge < -0.3 is 11.1 Å². The van der Waals surface area contributed by atoms with E-state index in [0.717, 1.165) is 36.3 Å². The summed E-state index contributed by atoms with van der Waals surface area (Å²) in [5, 5.41) is 9.92. The van der Waals surface area contributed by atoms with Gasteiger partial charge in [-0.15, -0.1) is 12.4 Å². The van der Waals surface area contributed by atoms with E-state index in [9.17, 15) is 4.79 Å². The second-order valence-electron chi connectivity index (χ2n) is 4.83. The lowest BCUT2D eigenvalue weighted by Gasteiger charge is -2.17. The van der Waals surface area contributed by atoms with Crippen LogP contribution in [-0.2, 0) is 4.79 Å². The average molecular weight is 273 g/mol. The number of aromatic amines is 1. The molecule has 4 N–H and O–H groups in total. The number of H-pyrrole nitrogens is 1. The largest absolute Gasteiger partial charge is 0.330 e. The molecule has 1 aromatic rings. The first kappa shape index (κ1) is 15.0. The molecule has 1 aliphatic carbocycles. The summed E-state index contributed by atoms with van der Waals surface area (Å²) >= 11 is 0. The minimum absolute atomic E-state index is 0. The molecule has 1 amide bonds. The van der Waals surface area contributed by atoms with E-state index in [4.69, 9.17) is 5.73 Å². The first-order valence-corrected chi connectivity index (χ1v) is 6.16. The molecular weight excluding hydrogens is 252 g/mol. The molecule has 1 aromatic heterocycles. The van der Waals surface area contributed by atoms with Gasteiger partial charge >= 0.3 is 0 Å². The minimum atomic E-state index is 0. The third kappa shape index (κ3) is 2.84. The molecule has 0 spiro atoms. The molecule has 0 bridgehead atoms. The second-order valence-corrected chi connectivity index (χ2v) is 4.83. The molecule has 0 aliphatic heterocycles. The van der Waals surface area contributed by atoms with Gasteiger partial charge in [-0.25, -0.2) is 0 Å². The molecule has 6 heteroatoms. The molecule has 0 saturated heterocycles. The molecule has 1 heterocycles. The fraction of sp³-hybridized carbons (Fsp3) is 0.667. The van der Waals surface area contributed by atoms with E-state index in [1.165, 1.54) is 0 Å². The van der Waals surface area contributed by atoms with Crippen molar-refractivity contribution in [2.24, 2.45) is 17.6 Å². The summed E-state index contributed by atoms with van der Waals surface area (Å²) in [5.41, 5.74) is 8.25. The van der Waals surface area contributed by atoms with Crippen molar-refractivity contribution in [1.82, 2.24) is 10.2 Å². The highest BCUT2D eigenvalue weighted by atomic mass is 35.5. The third-order valence-electron chi connectivity index (χ3n) is 3.67. The molecule has 1 aliphatic rings. The molecule has 18 heavy (non-hydrogen) atoms. The van der Waals surface area contributed by atoms with Crippen LogP contribution in [0.4, 0.5) is 5.69 Å². The number of halogens is 1. The highest BCUT2D eigenvalue weighted by Gasteiger charge is 2.32. The first-order chi connectivity index (χ1) is 8.13. The Labute approximate surface area is 113 Å². The number of anilines is 1. The van der Waals surface area contributed by atoms with Crippen LogP contribution in [0, 0.1) is 25.7 Å². The SMILES string of the molecule is Cc1n[nH]c(C)c1NC(=O)[C@@H]1CCC[C@@H]1CN.Cl. The summed E-state index contributed by atoms with van der Waals surface area (Å²) in [5.74, 6) is 0.488. The summed E-state index contributed by atoms with van der Waals surface area (Å²) in [7, 11) is 0. The summed E-state index contributed by atoms with van der Waals surface area (Å²) < 4.78 is 0. The number of nitrogens with two attached hydrogens (primary N) is 1. The number of hydrogen-bond acceptors (Lipinski definition) is 3. The van der Waals surface area contributed by atoms with Gasteiger partial charge in [-0.2, -0.15) is 5.10 Å². The van der Waals surface area contributed by atoms with Crippen LogP contribution in [0.2, 0.25) is 0 Å². The third-order valence-corrected chi connectivity index (χ3v) is 3.67. The van der Waals surface area contributed by atoms with Crippen molar-refractivity contribution in [3.8, 4) is 0 Å². The Morgan fingerprint density at radius 3 is 2.78 bits per heavy atom. The van der Waals surface area contributed by atoms with Gasteiger partial charge in [0.15, 0.2) is 0 Å². The predicted molar refractivity (Wildman–Crippen MR) is 73.8 cm³/mol. The van der Waals surface area contributed by atoms with Gasteiger partial charge in [0.2, 0.25) is 5.91 Å². The van der Waals surface area contributed by atoms with Crippen LogP contribution >= 0.6 is 12.4 Å². The van der Waals surface area contributed by atoms with Crippen molar-refractivity contribution in [1.29, 1.82) is 0 Å². The molecule has 102 valence electrons. The number of carbonyl (C=O) groups is 1. The highest BCUT2D eigenvalue weighted by molar-refractivity contribution is 5.94. The molecule has 2 atom stereocenters. The van der Waals surface area contributed by atoms with E-state index < -0.39 is 0 Å². The zero-order chi connectivity index (χ0) is 12.4. The molecule has 0 radical (unpaired) electrons. The van der Waals surface area contributed by atoms with Crippen LogP contribution in [0.15, 0.2) is 0 Å². The van der Waals surface area contributed by atoms with Crippen molar-refractivity contribution in [3.63, 3.8) is 0 Å². The lowest BCUT2D eigenvalue weighted by molar-refractivity contribution is -0.120. The summed E-state index contributed by atoms with van der Waals surface area (Å²) in [6.07, 6.45) is 3.12. The van der Waals surface area contributed by atoms with Gasteiger partial charge in [-0.1, -0.05) is 6.42 Å². The van der Waals surface area contributed by atoms with E-state index in [0.29, 0.717) is 12.5 Å². The van der Waals surface area contributed by atoms with Gasteiger partial charge in [0.25, 0.3) is 0 Å². The van der Waals surface area contributed by atoms with Crippen LogP contribution in [0.1, 0.15) is 30.7 Å². The van der Waals surface area contributed by atoms with Gasteiger partial charge in [0, 0.05) is 5.92 Å². The van der Waals surface area contributed by atoms with Crippen molar-refractivity contribution in [3.05, 3.63) is 11.4 Å². The van der Waals surface area contributed by atoms with E-state index in [2.05, 4.69) is 15.5 Å². The topological polar surface area (TPSA) is 83.8 Å². The van der Waals surface area contributed by atoms with E-state index >= 15 is 0 Å². The maximum Gasteiger partial charge on any atom is 0.227 e. The second kappa shape index (κ2) is 6.20. The standard InChI is InChI=1S/C12H20N4O.ClH/c1-7-11(8(2)16-15-7)14-12(17)10-5-3-4-9(10)6-13;/h9-10H,3-6,13H2,1-2H3,(H,14,17)(H,15,16);1H/t9-,10-;/m1./s1. The van der Waals surface area contributed by atoms with Gasteiger partial charge in [-0.05, 0) is 39.2 Å². The number of carbonyl (C=O) groups excluding carboxylic acids is 1. The van der Waals surface area contributed by atoms with Crippen molar-refractivity contribution >= 4 is 24.0 Å². The minimum Gasteiger partial charge on any atom is -0.330 e. The molecule has 5 nitrogen and oxygen atoms in total. The number of aromatic nitrogens is 2. The molecule has 2 rings (SSSR count). The number of hydrogen-bond donors (Lipinski definition) is 3. The number of amides is 1. The molecule has 0 unspecified atom stereocenters. The van der Waals surface area contributed by atoms with Crippen molar-refractivity contribution in [2.45, 2.75) is 33.1 Å². The van der Waals surface area contributed by atoms with Crippen molar-refractivity contribution < 1.29 is 4.79 Å². The lowest BCUT2D eigenvalue weighted by Crippen LogP contribution is -2.30.